The van der Waals surface area contributed by atoms with Crippen LogP contribution in [0.3, 0.4) is 0 Å². The predicted molar refractivity (Wildman–Crippen MR) is 110 cm³/mol. The molecule has 3 rings (SSSR count). The van der Waals surface area contributed by atoms with E-state index in [0.717, 1.165) is 15.1 Å². The van der Waals surface area contributed by atoms with E-state index in [1.54, 1.807) is 24.3 Å². The molecule has 0 spiro atoms. The van der Waals surface area contributed by atoms with Gasteiger partial charge in [0.05, 0.1) is 31.9 Å². The van der Waals surface area contributed by atoms with Crippen LogP contribution in [-0.2, 0) is 19.6 Å². The summed E-state index contributed by atoms with van der Waals surface area (Å²) in [5, 5.41) is 1.69. The number of nitrogens with zero attached hydrogens (tertiary/aromatic N) is 1. The number of sulfonamides is 1. The van der Waals surface area contributed by atoms with Crippen LogP contribution in [0.1, 0.15) is 0 Å². The molecule has 0 aliphatic carbocycles. The molecule has 7 nitrogen and oxygen atoms in total. The summed E-state index contributed by atoms with van der Waals surface area (Å²) in [6.45, 7) is -0.485. The van der Waals surface area contributed by atoms with E-state index in [-0.39, 0.29) is 10.6 Å². The molecule has 29 heavy (non-hydrogen) atoms. The lowest BCUT2D eigenvalue weighted by Gasteiger charge is -2.24. The number of benzene rings is 3. The third-order valence-electron chi connectivity index (χ3n) is 4.46. The van der Waals surface area contributed by atoms with Gasteiger partial charge in [-0.1, -0.05) is 30.3 Å². The molecule has 0 amide bonds. The maximum Gasteiger partial charge on any atom is 0.326 e. The SMILES string of the molecule is COC(=O)CN(c1ccc(OC)c(OC)c1)S(=O)(=O)c1ccc2ccccc2c1. The second-order valence-corrected chi connectivity index (χ2v) is 8.00. The van der Waals surface area contributed by atoms with Crippen molar-refractivity contribution in [3.63, 3.8) is 0 Å². The van der Waals surface area contributed by atoms with Gasteiger partial charge in [0.15, 0.2) is 11.5 Å². The Hall–Kier alpha value is -3.26. The van der Waals surface area contributed by atoms with Crippen LogP contribution in [0.25, 0.3) is 10.8 Å². The van der Waals surface area contributed by atoms with Crippen LogP contribution in [0.5, 0.6) is 11.5 Å². The molecule has 0 bridgehead atoms. The summed E-state index contributed by atoms with van der Waals surface area (Å²) in [7, 11) is 0.0772. The molecular weight excluding hydrogens is 394 g/mol. The number of hydrogen-bond acceptors (Lipinski definition) is 6. The van der Waals surface area contributed by atoms with Crippen LogP contribution in [0.4, 0.5) is 5.69 Å². The maximum atomic E-state index is 13.4. The summed E-state index contributed by atoms with van der Waals surface area (Å²) in [6.07, 6.45) is 0. The number of methoxy groups -OCH3 is 3. The van der Waals surface area contributed by atoms with E-state index in [4.69, 9.17) is 14.2 Å². The van der Waals surface area contributed by atoms with E-state index < -0.39 is 22.5 Å². The van der Waals surface area contributed by atoms with Gasteiger partial charge in [-0.2, -0.15) is 0 Å². The molecule has 0 saturated heterocycles. The van der Waals surface area contributed by atoms with E-state index in [9.17, 15) is 13.2 Å². The Bertz CT molecular complexity index is 1140. The number of carbonyl (C=O) groups is 1. The Morgan fingerprint density at radius 2 is 1.55 bits per heavy atom. The van der Waals surface area contributed by atoms with E-state index in [0.29, 0.717) is 11.5 Å². The number of esters is 1. The zero-order valence-electron chi connectivity index (χ0n) is 16.3. The van der Waals surface area contributed by atoms with Gasteiger partial charge in [0.25, 0.3) is 10.0 Å². The monoisotopic (exact) mass is 415 g/mol. The van der Waals surface area contributed by atoms with E-state index >= 15 is 0 Å². The first-order valence-electron chi connectivity index (χ1n) is 8.71. The average Bonchev–Trinajstić information content (AvgIpc) is 2.76. The van der Waals surface area contributed by atoms with Gasteiger partial charge in [-0.05, 0) is 35.0 Å². The predicted octanol–water partition coefficient (Wildman–Crippen LogP) is 3.23. The van der Waals surface area contributed by atoms with E-state index in [2.05, 4.69) is 0 Å². The number of fused-ring (bicyclic) bond motifs is 1. The minimum Gasteiger partial charge on any atom is -0.493 e. The Balaban J connectivity index is 2.13. The van der Waals surface area contributed by atoms with Gasteiger partial charge in [-0.3, -0.25) is 9.10 Å². The normalized spacial score (nSPS) is 11.1. The highest BCUT2D eigenvalue weighted by molar-refractivity contribution is 7.92. The lowest BCUT2D eigenvalue weighted by Crippen LogP contribution is -2.36. The van der Waals surface area contributed by atoms with E-state index in [1.807, 2.05) is 24.3 Å². The molecule has 3 aromatic carbocycles. The lowest BCUT2D eigenvalue weighted by molar-refractivity contribution is -0.138. The van der Waals surface area contributed by atoms with Gasteiger partial charge in [-0.25, -0.2) is 8.42 Å². The Labute approximate surface area is 169 Å². The quantitative estimate of drug-likeness (QED) is 0.551. The summed E-state index contributed by atoms with van der Waals surface area (Å²) in [5.74, 6) is 0.0927. The summed E-state index contributed by atoms with van der Waals surface area (Å²) >= 11 is 0. The fourth-order valence-corrected chi connectivity index (χ4v) is 4.37. The number of carbonyl (C=O) groups excluding carboxylic acids is 1. The van der Waals surface area contributed by atoms with Crippen molar-refractivity contribution < 1.29 is 27.4 Å². The first-order valence-corrected chi connectivity index (χ1v) is 10.1. The first-order chi connectivity index (χ1) is 13.9. The summed E-state index contributed by atoms with van der Waals surface area (Å²) in [4.78, 5) is 12.0. The summed E-state index contributed by atoms with van der Waals surface area (Å²) in [6, 6.07) is 16.9. The number of hydrogen-bond donors (Lipinski definition) is 0. The maximum absolute atomic E-state index is 13.4. The molecule has 0 atom stereocenters. The van der Waals surface area contributed by atoms with Crippen molar-refractivity contribution in [1.29, 1.82) is 0 Å². The van der Waals surface area contributed by atoms with Gasteiger partial charge in [-0.15, -0.1) is 0 Å². The molecule has 152 valence electrons. The second kappa shape index (κ2) is 8.40. The van der Waals surface area contributed by atoms with Crippen LogP contribution >= 0.6 is 0 Å². The molecule has 0 aromatic heterocycles. The molecule has 0 unspecified atom stereocenters. The number of ether oxygens (including phenoxy) is 3. The zero-order chi connectivity index (χ0) is 21.0. The summed E-state index contributed by atoms with van der Waals surface area (Å²) < 4.78 is 43.0. The van der Waals surface area contributed by atoms with Crippen LogP contribution in [-0.4, -0.2) is 42.3 Å². The Morgan fingerprint density at radius 1 is 0.862 bits per heavy atom. The highest BCUT2D eigenvalue weighted by Crippen LogP contribution is 2.34. The molecule has 0 fully saturated rings. The van der Waals surface area contributed by atoms with Crippen molar-refractivity contribution in [3.05, 3.63) is 60.7 Å². The van der Waals surface area contributed by atoms with Gasteiger partial charge < -0.3 is 14.2 Å². The van der Waals surface area contributed by atoms with Gasteiger partial charge in [0.2, 0.25) is 0 Å². The molecule has 0 radical (unpaired) electrons. The van der Waals surface area contributed by atoms with E-state index in [1.165, 1.54) is 33.5 Å². The first kappa shape index (κ1) is 20.5. The van der Waals surface area contributed by atoms with Crippen molar-refractivity contribution in [3.8, 4) is 11.5 Å². The Kier molecular flexibility index (Phi) is 5.93. The largest absolute Gasteiger partial charge is 0.493 e. The third kappa shape index (κ3) is 4.12. The molecule has 0 heterocycles. The molecule has 8 heteroatoms. The van der Waals surface area contributed by atoms with Crippen LogP contribution in [0.2, 0.25) is 0 Å². The number of rotatable bonds is 7. The van der Waals surface area contributed by atoms with Gasteiger partial charge in [0.1, 0.15) is 6.54 Å². The molecular formula is C21H21NO6S. The van der Waals surface area contributed by atoms with Crippen LogP contribution in [0, 0.1) is 0 Å². The minimum atomic E-state index is -4.06. The van der Waals surface area contributed by atoms with Crippen LogP contribution in [0.15, 0.2) is 65.6 Å². The molecule has 0 aliphatic heterocycles. The summed E-state index contributed by atoms with van der Waals surface area (Å²) in [5.41, 5.74) is 0.251. The Morgan fingerprint density at radius 3 is 2.21 bits per heavy atom. The standard InChI is InChI=1S/C21H21NO6S/c1-26-19-11-9-17(13-20(19)27-2)22(14-21(23)28-3)29(24,25)18-10-8-15-6-4-5-7-16(15)12-18/h4-13H,14H2,1-3H3. The molecule has 0 N–H and O–H groups in total. The van der Waals surface area contributed by atoms with Crippen molar-refractivity contribution in [2.75, 3.05) is 32.2 Å². The third-order valence-corrected chi connectivity index (χ3v) is 6.23. The minimum absolute atomic E-state index is 0.0647. The molecule has 3 aromatic rings. The van der Waals surface area contributed by atoms with Crippen molar-refractivity contribution in [2.24, 2.45) is 0 Å². The lowest BCUT2D eigenvalue weighted by atomic mass is 10.1. The van der Waals surface area contributed by atoms with Crippen molar-refractivity contribution >= 4 is 32.5 Å². The van der Waals surface area contributed by atoms with Gasteiger partial charge >= 0.3 is 5.97 Å². The molecule has 0 aliphatic rings. The highest BCUT2D eigenvalue weighted by atomic mass is 32.2. The number of anilines is 1. The van der Waals surface area contributed by atoms with Gasteiger partial charge in [0, 0.05) is 6.07 Å². The zero-order valence-corrected chi connectivity index (χ0v) is 17.1. The molecule has 0 saturated carbocycles. The average molecular weight is 415 g/mol. The van der Waals surface area contributed by atoms with Crippen molar-refractivity contribution in [1.82, 2.24) is 0 Å². The topological polar surface area (TPSA) is 82.1 Å². The smallest absolute Gasteiger partial charge is 0.326 e. The fourth-order valence-electron chi connectivity index (χ4n) is 2.93. The second-order valence-electron chi connectivity index (χ2n) is 6.14. The highest BCUT2D eigenvalue weighted by Gasteiger charge is 2.28. The van der Waals surface area contributed by atoms with Crippen molar-refractivity contribution in [2.45, 2.75) is 4.90 Å². The fraction of sp³-hybridized carbons (Fsp3) is 0.190. The van der Waals surface area contributed by atoms with Crippen LogP contribution < -0.4 is 13.8 Å².